The van der Waals surface area contributed by atoms with Crippen molar-refractivity contribution in [3.8, 4) is 0 Å². The lowest BCUT2D eigenvalue weighted by Crippen LogP contribution is -2.41. The topological polar surface area (TPSA) is 9.23 Å². The molecular formula is C11H20O. The van der Waals surface area contributed by atoms with Crippen LogP contribution in [0.15, 0.2) is 0 Å². The first-order valence-corrected chi connectivity index (χ1v) is 5.03. The first kappa shape index (κ1) is 8.55. The molecule has 0 aromatic carbocycles. The van der Waals surface area contributed by atoms with Crippen LogP contribution >= 0.6 is 0 Å². The van der Waals surface area contributed by atoms with Crippen molar-refractivity contribution in [2.75, 3.05) is 7.11 Å². The van der Waals surface area contributed by atoms with E-state index in [1.54, 1.807) is 0 Å². The minimum Gasteiger partial charge on any atom is -0.380 e. The highest BCUT2D eigenvalue weighted by Gasteiger charge is 2.59. The summed E-state index contributed by atoms with van der Waals surface area (Å²) >= 11 is 0. The van der Waals surface area contributed by atoms with Crippen LogP contribution in [-0.4, -0.2) is 13.2 Å². The Bertz CT molecular complexity index is 192. The van der Waals surface area contributed by atoms with E-state index in [1.807, 2.05) is 7.11 Å². The van der Waals surface area contributed by atoms with Gasteiger partial charge in [0, 0.05) is 7.11 Å². The van der Waals surface area contributed by atoms with E-state index in [-0.39, 0.29) is 0 Å². The summed E-state index contributed by atoms with van der Waals surface area (Å²) in [6.07, 6.45) is 4.67. The fraction of sp³-hybridized carbons (Fsp3) is 1.00. The Kier molecular flexibility index (Phi) is 1.61. The Labute approximate surface area is 75.5 Å². The summed E-state index contributed by atoms with van der Waals surface area (Å²) in [5.41, 5.74) is 0.907. The summed E-state index contributed by atoms with van der Waals surface area (Å²) < 4.78 is 5.66. The summed E-state index contributed by atoms with van der Waals surface area (Å²) in [5, 5.41) is 0. The lowest BCUT2D eigenvalue weighted by molar-refractivity contribution is -0.0646. The van der Waals surface area contributed by atoms with Gasteiger partial charge in [-0.1, -0.05) is 20.8 Å². The highest BCUT2D eigenvalue weighted by Crippen LogP contribution is 2.63. The third-order valence-corrected chi connectivity index (χ3v) is 4.37. The first-order chi connectivity index (χ1) is 5.50. The SMILES string of the molecule is COC1C2(C)CCC(C2)C1(C)C. The Morgan fingerprint density at radius 2 is 1.92 bits per heavy atom. The van der Waals surface area contributed by atoms with Gasteiger partial charge >= 0.3 is 0 Å². The molecule has 12 heavy (non-hydrogen) atoms. The van der Waals surface area contributed by atoms with Gasteiger partial charge in [0.15, 0.2) is 0 Å². The van der Waals surface area contributed by atoms with Gasteiger partial charge in [-0.25, -0.2) is 0 Å². The second-order valence-electron chi connectivity index (χ2n) is 5.53. The van der Waals surface area contributed by atoms with E-state index in [9.17, 15) is 0 Å². The molecule has 2 aliphatic rings. The Morgan fingerprint density at radius 3 is 2.25 bits per heavy atom. The molecule has 3 unspecified atom stereocenters. The van der Waals surface area contributed by atoms with Crippen LogP contribution in [0.4, 0.5) is 0 Å². The molecule has 0 aromatic rings. The van der Waals surface area contributed by atoms with E-state index in [2.05, 4.69) is 20.8 Å². The first-order valence-electron chi connectivity index (χ1n) is 5.03. The molecule has 0 spiro atoms. The molecule has 0 radical (unpaired) electrons. The monoisotopic (exact) mass is 168 g/mol. The van der Waals surface area contributed by atoms with Gasteiger partial charge < -0.3 is 4.74 Å². The van der Waals surface area contributed by atoms with Crippen molar-refractivity contribution in [1.29, 1.82) is 0 Å². The molecule has 1 nitrogen and oxygen atoms in total. The van der Waals surface area contributed by atoms with Gasteiger partial charge in [-0.05, 0) is 36.0 Å². The number of rotatable bonds is 1. The number of methoxy groups -OCH3 is 1. The Morgan fingerprint density at radius 1 is 1.25 bits per heavy atom. The summed E-state index contributed by atoms with van der Waals surface area (Å²) in [6.45, 7) is 7.14. The number of hydrogen-bond donors (Lipinski definition) is 0. The molecule has 0 aromatic heterocycles. The van der Waals surface area contributed by atoms with E-state index in [4.69, 9.17) is 4.74 Å². The third kappa shape index (κ3) is 0.834. The van der Waals surface area contributed by atoms with Crippen LogP contribution in [-0.2, 0) is 4.74 Å². The van der Waals surface area contributed by atoms with Crippen LogP contribution in [0.2, 0.25) is 0 Å². The molecule has 1 heteroatoms. The quantitative estimate of drug-likeness (QED) is 0.585. The van der Waals surface area contributed by atoms with E-state index >= 15 is 0 Å². The zero-order valence-corrected chi connectivity index (χ0v) is 8.68. The lowest BCUT2D eigenvalue weighted by Gasteiger charge is -2.41. The van der Waals surface area contributed by atoms with Crippen molar-refractivity contribution in [2.45, 2.75) is 46.1 Å². The van der Waals surface area contributed by atoms with Gasteiger partial charge in [0.1, 0.15) is 0 Å². The second-order valence-corrected chi connectivity index (χ2v) is 5.53. The maximum Gasteiger partial charge on any atom is 0.0678 e. The van der Waals surface area contributed by atoms with Gasteiger partial charge in [-0.15, -0.1) is 0 Å². The van der Waals surface area contributed by atoms with Gasteiger partial charge in [-0.2, -0.15) is 0 Å². The van der Waals surface area contributed by atoms with Crippen molar-refractivity contribution in [3.05, 3.63) is 0 Å². The number of hydrogen-bond acceptors (Lipinski definition) is 1. The standard InChI is InChI=1S/C11H20O/c1-10(2)8-5-6-11(3,7-8)9(10)12-4/h8-9H,5-7H2,1-4H3. The summed E-state index contributed by atoms with van der Waals surface area (Å²) in [4.78, 5) is 0. The summed E-state index contributed by atoms with van der Waals surface area (Å²) in [7, 11) is 1.87. The maximum absolute atomic E-state index is 5.66. The molecule has 2 aliphatic carbocycles. The predicted molar refractivity (Wildman–Crippen MR) is 50.0 cm³/mol. The van der Waals surface area contributed by atoms with Crippen LogP contribution in [0.5, 0.6) is 0 Å². The van der Waals surface area contributed by atoms with Crippen LogP contribution < -0.4 is 0 Å². The van der Waals surface area contributed by atoms with Crippen LogP contribution in [0.25, 0.3) is 0 Å². The van der Waals surface area contributed by atoms with Gasteiger partial charge in [0.25, 0.3) is 0 Å². The smallest absolute Gasteiger partial charge is 0.0678 e. The molecule has 2 rings (SSSR count). The molecule has 0 heterocycles. The van der Waals surface area contributed by atoms with Crippen molar-refractivity contribution in [1.82, 2.24) is 0 Å². The number of ether oxygens (including phenoxy) is 1. The van der Waals surface area contributed by atoms with Crippen LogP contribution in [0.3, 0.4) is 0 Å². The van der Waals surface area contributed by atoms with Gasteiger partial charge in [0.05, 0.1) is 6.10 Å². The minimum atomic E-state index is 0.418. The van der Waals surface area contributed by atoms with Crippen LogP contribution in [0, 0.1) is 16.7 Å². The Balaban J connectivity index is 2.31. The minimum absolute atomic E-state index is 0.418. The largest absolute Gasteiger partial charge is 0.380 e. The highest BCUT2D eigenvalue weighted by molar-refractivity contribution is 5.09. The zero-order chi connectivity index (χ0) is 8.98. The third-order valence-electron chi connectivity index (χ3n) is 4.37. The molecule has 3 atom stereocenters. The zero-order valence-electron chi connectivity index (χ0n) is 8.68. The average molecular weight is 168 g/mol. The number of fused-ring (bicyclic) bond motifs is 2. The average Bonchev–Trinajstić information content (AvgIpc) is 2.39. The van der Waals surface area contributed by atoms with Gasteiger partial charge in [-0.3, -0.25) is 0 Å². The fourth-order valence-electron chi connectivity index (χ4n) is 3.84. The van der Waals surface area contributed by atoms with Gasteiger partial charge in [0.2, 0.25) is 0 Å². The molecule has 70 valence electrons. The van der Waals surface area contributed by atoms with Crippen molar-refractivity contribution < 1.29 is 4.74 Å². The van der Waals surface area contributed by atoms with Crippen molar-refractivity contribution >= 4 is 0 Å². The summed E-state index contributed by atoms with van der Waals surface area (Å²) in [6, 6.07) is 0. The maximum atomic E-state index is 5.66. The van der Waals surface area contributed by atoms with Crippen molar-refractivity contribution in [3.63, 3.8) is 0 Å². The van der Waals surface area contributed by atoms with E-state index in [1.165, 1.54) is 19.3 Å². The predicted octanol–water partition coefficient (Wildman–Crippen LogP) is 2.85. The normalized spacial score (nSPS) is 50.0. The molecule has 0 saturated heterocycles. The molecular weight excluding hydrogens is 148 g/mol. The molecule has 2 bridgehead atoms. The molecule has 2 saturated carbocycles. The van der Waals surface area contributed by atoms with E-state index < -0.39 is 0 Å². The molecule has 2 fully saturated rings. The summed E-state index contributed by atoms with van der Waals surface area (Å²) in [5.74, 6) is 0.910. The second kappa shape index (κ2) is 2.25. The highest BCUT2D eigenvalue weighted by atomic mass is 16.5. The van der Waals surface area contributed by atoms with E-state index in [0.717, 1.165) is 5.92 Å². The lowest BCUT2D eigenvalue weighted by atomic mass is 9.70. The molecule has 0 aliphatic heterocycles. The molecule has 0 amide bonds. The van der Waals surface area contributed by atoms with E-state index in [0.29, 0.717) is 16.9 Å². The Hall–Kier alpha value is -0.0400. The van der Waals surface area contributed by atoms with Crippen molar-refractivity contribution in [2.24, 2.45) is 16.7 Å². The fourth-order valence-corrected chi connectivity index (χ4v) is 3.84. The van der Waals surface area contributed by atoms with Crippen LogP contribution in [0.1, 0.15) is 40.0 Å². The molecule has 0 N–H and O–H groups in total.